The van der Waals surface area contributed by atoms with Crippen LogP contribution in [0.15, 0.2) is 0 Å². The van der Waals surface area contributed by atoms with Crippen LogP contribution in [-0.2, 0) is 14.3 Å². The van der Waals surface area contributed by atoms with Gasteiger partial charge in [0.25, 0.3) is 0 Å². The van der Waals surface area contributed by atoms with E-state index >= 15 is 0 Å². The molecule has 16 heavy (non-hydrogen) atoms. The van der Waals surface area contributed by atoms with Gasteiger partial charge in [0.1, 0.15) is 0 Å². The highest BCUT2D eigenvalue weighted by atomic mass is 16.5. The number of hydrogen-bond donors (Lipinski definition) is 2. The lowest BCUT2D eigenvalue weighted by molar-refractivity contribution is -0.170. The van der Waals surface area contributed by atoms with Crippen molar-refractivity contribution in [1.82, 2.24) is 0 Å². The predicted molar refractivity (Wildman–Crippen MR) is 58.3 cm³/mol. The molecular weight excluding hydrogens is 212 g/mol. The first-order valence-electron chi connectivity index (χ1n) is 5.37. The lowest BCUT2D eigenvalue weighted by Gasteiger charge is -2.23. The molecular formula is C11H20O5. The van der Waals surface area contributed by atoms with Gasteiger partial charge in [0.15, 0.2) is 5.60 Å². The fraction of sp³-hybridized carbons (Fsp3) is 0.818. The van der Waals surface area contributed by atoms with Crippen molar-refractivity contribution in [2.45, 2.75) is 45.6 Å². The molecule has 1 unspecified atom stereocenters. The Kier molecular flexibility index (Phi) is 6.03. The molecule has 0 aliphatic heterocycles. The van der Waals surface area contributed by atoms with Crippen LogP contribution in [0.1, 0.15) is 40.0 Å². The van der Waals surface area contributed by atoms with Crippen LogP contribution >= 0.6 is 0 Å². The average molecular weight is 232 g/mol. The molecule has 5 nitrogen and oxygen atoms in total. The number of aliphatic carboxylic acids is 2. The average Bonchev–Trinajstić information content (AvgIpc) is 2.10. The zero-order valence-corrected chi connectivity index (χ0v) is 10.0. The van der Waals surface area contributed by atoms with Crippen molar-refractivity contribution in [3.05, 3.63) is 0 Å². The molecule has 2 N–H and O–H groups in total. The third-order valence-electron chi connectivity index (χ3n) is 2.29. The number of carbonyl (C=O) groups is 2. The van der Waals surface area contributed by atoms with Crippen LogP contribution in [0.25, 0.3) is 0 Å². The van der Waals surface area contributed by atoms with E-state index in [2.05, 4.69) is 13.8 Å². The normalized spacial score (nSPS) is 14.8. The van der Waals surface area contributed by atoms with Gasteiger partial charge in [-0.05, 0) is 25.7 Å². The van der Waals surface area contributed by atoms with E-state index in [0.29, 0.717) is 5.92 Å². The van der Waals surface area contributed by atoms with Gasteiger partial charge in [0.2, 0.25) is 0 Å². The number of rotatable bonds is 8. The Morgan fingerprint density at radius 3 is 2.25 bits per heavy atom. The summed E-state index contributed by atoms with van der Waals surface area (Å²) >= 11 is 0. The molecule has 0 saturated carbocycles. The number of carboxylic acids is 2. The first-order chi connectivity index (χ1) is 7.28. The lowest BCUT2D eigenvalue weighted by atomic mass is 10.0. The summed E-state index contributed by atoms with van der Waals surface area (Å²) in [4.78, 5) is 21.4. The fourth-order valence-electron chi connectivity index (χ4n) is 1.27. The molecule has 0 aromatic rings. The van der Waals surface area contributed by atoms with Crippen molar-refractivity contribution in [1.29, 1.82) is 0 Å². The molecule has 0 aliphatic carbocycles. The second-order valence-electron chi connectivity index (χ2n) is 4.49. The molecule has 5 heteroatoms. The molecule has 0 saturated heterocycles. The van der Waals surface area contributed by atoms with Gasteiger partial charge in [-0.2, -0.15) is 0 Å². The Bertz CT molecular complexity index is 249. The van der Waals surface area contributed by atoms with Crippen molar-refractivity contribution >= 4 is 11.9 Å². The third kappa shape index (κ3) is 5.70. The second-order valence-corrected chi connectivity index (χ2v) is 4.49. The van der Waals surface area contributed by atoms with E-state index < -0.39 is 24.0 Å². The standard InChI is InChI=1S/C11H20O5/c1-8(2)5-4-6-16-11(3,10(14)15)7-9(12)13/h8H,4-7H2,1-3H3,(H,12,13)(H,14,15). The van der Waals surface area contributed by atoms with Gasteiger partial charge in [-0.15, -0.1) is 0 Å². The molecule has 1 atom stereocenters. The lowest BCUT2D eigenvalue weighted by Crippen LogP contribution is -2.40. The van der Waals surface area contributed by atoms with Gasteiger partial charge in [-0.1, -0.05) is 13.8 Å². The maximum Gasteiger partial charge on any atom is 0.336 e. The van der Waals surface area contributed by atoms with Gasteiger partial charge in [0.05, 0.1) is 6.42 Å². The Morgan fingerprint density at radius 1 is 1.31 bits per heavy atom. The van der Waals surface area contributed by atoms with Crippen molar-refractivity contribution in [2.75, 3.05) is 6.61 Å². The van der Waals surface area contributed by atoms with Gasteiger partial charge in [-0.3, -0.25) is 4.79 Å². The molecule has 0 amide bonds. The van der Waals surface area contributed by atoms with Crippen LogP contribution in [0.3, 0.4) is 0 Å². The summed E-state index contributed by atoms with van der Waals surface area (Å²) in [5.74, 6) is -1.88. The van der Waals surface area contributed by atoms with Gasteiger partial charge < -0.3 is 14.9 Å². The maximum absolute atomic E-state index is 10.9. The highest BCUT2D eigenvalue weighted by Crippen LogP contribution is 2.17. The molecule has 0 radical (unpaired) electrons. The topological polar surface area (TPSA) is 83.8 Å². The first kappa shape index (κ1) is 14.9. The Balaban J connectivity index is 4.13. The van der Waals surface area contributed by atoms with E-state index in [9.17, 15) is 9.59 Å². The van der Waals surface area contributed by atoms with Crippen LogP contribution in [0.2, 0.25) is 0 Å². The molecule has 0 aromatic heterocycles. The van der Waals surface area contributed by atoms with Crippen LogP contribution in [0.4, 0.5) is 0 Å². The third-order valence-corrected chi connectivity index (χ3v) is 2.29. The zero-order valence-electron chi connectivity index (χ0n) is 10.0. The van der Waals surface area contributed by atoms with Crippen molar-refractivity contribution < 1.29 is 24.5 Å². The molecule has 0 fully saturated rings. The van der Waals surface area contributed by atoms with Crippen molar-refractivity contribution in [3.63, 3.8) is 0 Å². The largest absolute Gasteiger partial charge is 0.481 e. The van der Waals surface area contributed by atoms with E-state index in [4.69, 9.17) is 14.9 Å². The maximum atomic E-state index is 10.9. The molecule has 0 aromatic carbocycles. The summed E-state index contributed by atoms with van der Waals surface area (Å²) in [6.07, 6.45) is 1.15. The van der Waals surface area contributed by atoms with Crippen LogP contribution < -0.4 is 0 Å². The number of hydrogen-bond acceptors (Lipinski definition) is 3. The van der Waals surface area contributed by atoms with Crippen LogP contribution in [0, 0.1) is 5.92 Å². The highest BCUT2D eigenvalue weighted by Gasteiger charge is 2.36. The van der Waals surface area contributed by atoms with E-state index in [1.165, 1.54) is 6.92 Å². The highest BCUT2D eigenvalue weighted by molar-refractivity contribution is 5.83. The minimum absolute atomic E-state index is 0.272. The summed E-state index contributed by atoms with van der Waals surface area (Å²) < 4.78 is 5.17. The molecule has 94 valence electrons. The SMILES string of the molecule is CC(C)CCCOC(C)(CC(=O)O)C(=O)O. The molecule has 0 spiro atoms. The summed E-state index contributed by atoms with van der Waals surface area (Å²) in [7, 11) is 0. The molecule has 0 heterocycles. The quantitative estimate of drug-likeness (QED) is 0.623. The molecule has 0 rings (SSSR count). The second kappa shape index (κ2) is 6.48. The fourth-order valence-corrected chi connectivity index (χ4v) is 1.27. The summed E-state index contributed by atoms with van der Waals surface area (Å²) in [6.45, 7) is 5.69. The van der Waals surface area contributed by atoms with E-state index in [-0.39, 0.29) is 6.61 Å². The monoisotopic (exact) mass is 232 g/mol. The minimum atomic E-state index is -1.62. The van der Waals surface area contributed by atoms with Gasteiger partial charge in [-0.25, -0.2) is 4.79 Å². The number of carboxylic acid groups (broad SMARTS) is 2. The predicted octanol–water partition coefficient (Wildman–Crippen LogP) is 1.76. The van der Waals surface area contributed by atoms with Crippen LogP contribution in [-0.4, -0.2) is 34.4 Å². The minimum Gasteiger partial charge on any atom is -0.481 e. The van der Waals surface area contributed by atoms with Crippen LogP contribution in [0.5, 0.6) is 0 Å². The molecule has 0 bridgehead atoms. The van der Waals surface area contributed by atoms with Crippen molar-refractivity contribution in [3.8, 4) is 0 Å². The summed E-state index contributed by atoms with van der Waals surface area (Å²) in [5.41, 5.74) is -1.62. The van der Waals surface area contributed by atoms with Gasteiger partial charge >= 0.3 is 11.9 Å². The Hall–Kier alpha value is -1.10. The smallest absolute Gasteiger partial charge is 0.336 e. The van der Waals surface area contributed by atoms with E-state index in [1.807, 2.05) is 0 Å². The number of ether oxygens (including phenoxy) is 1. The zero-order chi connectivity index (χ0) is 12.8. The van der Waals surface area contributed by atoms with E-state index in [0.717, 1.165) is 12.8 Å². The first-order valence-corrected chi connectivity index (χ1v) is 5.37. The van der Waals surface area contributed by atoms with Gasteiger partial charge in [0, 0.05) is 6.61 Å². The molecule has 0 aliphatic rings. The summed E-state index contributed by atoms with van der Waals surface area (Å²) in [5, 5.41) is 17.5. The Labute approximate surface area is 95.4 Å². The Morgan fingerprint density at radius 2 is 1.88 bits per heavy atom. The van der Waals surface area contributed by atoms with Crippen molar-refractivity contribution in [2.24, 2.45) is 5.92 Å². The summed E-state index contributed by atoms with van der Waals surface area (Å²) in [6, 6.07) is 0. The van der Waals surface area contributed by atoms with E-state index in [1.54, 1.807) is 0 Å².